The van der Waals surface area contributed by atoms with Gasteiger partial charge in [-0.2, -0.15) is 0 Å². The number of carbonyl (C=O) groups excluding carboxylic acids is 1. The Morgan fingerprint density at radius 1 is 1.06 bits per heavy atom. The fourth-order valence-electron chi connectivity index (χ4n) is 4.01. The van der Waals surface area contributed by atoms with E-state index in [0.717, 1.165) is 16.7 Å². The number of hydrogen-bond acceptors (Lipinski definition) is 6. The minimum atomic E-state index is -0.919. The highest BCUT2D eigenvalue weighted by Crippen LogP contribution is 2.41. The van der Waals surface area contributed by atoms with Crippen LogP contribution in [0.15, 0.2) is 66.7 Å². The molecule has 3 aromatic carbocycles. The van der Waals surface area contributed by atoms with Crippen LogP contribution in [0.1, 0.15) is 28.3 Å². The molecule has 1 atom stereocenters. The molecule has 182 valence electrons. The van der Waals surface area contributed by atoms with Crippen LogP contribution in [0.2, 0.25) is 5.02 Å². The van der Waals surface area contributed by atoms with Gasteiger partial charge in [0.05, 0.1) is 30.2 Å². The lowest BCUT2D eigenvalue weighted by molar-refractivity contribution is -0.139. The minimum Gasteiger partial charge on any atom is -0.497 e. The highest BCUT2D eigenvalue weighted by Gasteiger charge is 2.29. The number of aromatic nitrogens is 1. The summed E-state index contributed by atoms with van der Waals surface area (Å²) in [6.07, 6.45) is 0.381. The fourth-order valence-corrected chi connectivity index (χ4v) is 4.23. The van der Waals surface area contributed by atoms with E-state index in [-0.39, 0.29) is 10.9 Å². The number of anilines is 1. The normalized spacial score (nSPS) is 14.4. The van der Waals surface area contributed by atoms with Crippen LogP contribution in [-0.4, -0.2) is 35.7 Å². The van der Waals surface area contributed by atoms with Crippen LogP contribution in [0.25, 0.3) is 10.9 Å². The van der Waals surface area contributed by atoms with Gasteiger partial charge in [0.25, 0.3) is 5.91 Å². The third-order valence-electron chi connectivity index (χ3n) is 5.88. The van der Waals surface area contributed by atoms with Crippen LogP contribution in [0.5, 0.6) is 23.0 Å². The van der Waals surface area contributed by atoms with Crippen molar-refractivity contribution in [3.05, 3.63) is 82.9 Å². The summed E-state index contributed by atoms with van der Waals surface area (Å²) in [6.45, 7) is 0.301. The van der Waals surface area contributed by atoms with Crippen molar-refractivity contribution in [3.63, 3.8) is 0 Å². The molecule has 0 saturated carbocycles. The van der Waals surface area contributed by atoms with Gasteiger partial charge in [-0.25, -0.2) is 4.98 Å². The van der Waals surface area contributed by atoms with Gasteiger partial charge in [-0.3, -0.25) is 9.59 Å². The second-order valence-corrected chi connectivity index (χ2v) is 8.59. The molecule has 0 bridgehead atoms. The quantitative estimate of drug-likeness (QED) is 0.337. The van der Waals surface area contributed by atoms with E-state index < -0.39 is 11.9 Å². The van der Waals surface area contributed by atoms with Crippen molar-refractivity contribution in [2.24, 2.45) is 0 Å². The third kappa shape index (κ3) is 4.76. The minimum absolute atomic E-state index is 0.271. The second-order valence-electron chi connectivity index (χ2n) is 8.18. The number of benzene rings is 3. The maximum absolute atomic E-state index is 12.7. The maximum Gasteiger partial charge on any atom is 0.311 e. The van der Waals surface area contributed by atoms with Crippen molar-refractivity contribution in [3.8, 4) is 23.0 Å². The zero-order valence-electron chi connectivity index (χ0n) is 19.2. The number of nitrogens with zero attached hydrogens (tertiary/aromatic N) is 1. The first-order valence-electron chi connectivity index (χ1n) is 11.1. The molecule has 2 heterocycles. The van der Waals surface area contributed by atoms with Gasteiger partial charge in [-0.15, -0.1) is 0 Å². The molecule has 8 nitrogen and oxygen atoms in total. The predicted molar refractivity (Wildman–Crippen MR) is 135 cm³/mol. The van der Waals surface area contributed by atoms with Crippen LogP contribution >= 0.6 is 11.6 Å². The number of methoxy groups -OCH3 is 1. The predicted octanol–water partition coefficient (Wildman–Crippen LogP) is 5.89. The van der Waals surface area contributed by atoms with Gasteiger partial charge in [0, 0.05) is 22.6 Å². The molecular weight excluding hydrogens is 484 g/mol. The largest absolute Gasteiger partial charge is 0.497 e. The first-order chi connectivity index (χ1) is 17.4. The number of carboxylic acids is 1. The van der Waals surface area contributed by atoms with Crippen LogP contribution in [-0.2, 0) is 4.79 Å². The molecule has 1 aliphatic rings. The summed E-state index contributed by atoms with van der Waals surface area (Å²) in [5.41, 5.74) is 1.68. The molecule has 1 aromatic heterocycles. The highest BCUT2D eigenvalue weighted by molar-refractivity contribution is 6.32. The number of halogens is 1. The van der Waals surface area contributed by atoms with Crippen molar-refractivity contribution in [2.75, 3.05) is 19.0 Å². The molecule has 0 radical (unpaired) electrons. The van der Waals surface area contributed by atoms with Gasteiger partial charge < -0.3 is 24.6 Å². The van der Waals surface area contributed by atoms with E-state index in [1.807, 2.05) is 24.3 Å². The maximum atomic E-state index is 12.7. The molecule has 9 heteroatoms. The summed E-state index contributed by atoms with van der Waals surface area (Å²) in [5, 5.41) is 13.4. The van der Waals surface area contributed by atoms with Crippen molar-refractivity contribution < 1.29 is 28.9 Å². The van der Waals surface area contributed by atoms with E-state index in [0.29, 0.717) is 47.2 Å². The smallest absolute Gasteiger partial charge is 0.311 e. The number of fused-ring (bicyclic) bond motifs is 2. The highest BCUT2D eigenvalue weighted by atomic mass is 35.5. The first-order valence-corrected chi connectivity index (χ1v) is 11.5. The molecular formula is C27H21ClN2O6. The Labute approximate surface area is 211 Å². The van der Waals surface area contributed by atoms with E-state index in [1.165, 1.54) is 0 Å². The van der Waals surface area contributed by atoms with Gasteiger partial charge in [0.2, 0.25) is 0 Å². The summed E-state index contributed by atoms with van der Waals surface area (Å²) in [6, 6.07) is 18.8. The molecule has 2 N–H and O–H groups in total. The Balaban J connectivity index is 1.29. The number of carbonyl (C=O) groups is 2. The molecule has 0 aliphatic carbocycles. The van der Waals surface area contributed by atoms with Crippen LogP contribution < -0.4 is 19.5 Å². The first kappa shape index (κ1) is 23.4. The Morgan fingerprint density at radius 3 is 2.58 bits per heavy atom. The summed E-state index contributed by atoms with van der Waals surface area (Å²) < 4.78 is 16.7. The van der Waals surface area contributed by atoms with Crippen molar-refractivity contribution in [2.45, 2.75) is 12.3 Å². The van der Waals surface area contributed by atoms with Gasteiger partial charge in [-0.1, -0.05) is 11.6 Å². The molecule has 36 heavy (non-hydrogen) atoms. The topological polar surface area (TPSA) is 107 Å². The Hall–Kier alpha value is -4.30. The van der Waals surface area contributed by atoms with Gasteiger partial charge in [0.15, 0.2) is 0 Å². The van der Waals surface area contributed by atoms with E-state index in [9.17, 15) is 14.7 Å². The zero-order valence-corrected chi connectivity index (χ0v) is 19.9. The Kier molecular flexibility index (Phi) is 6.35. The summed E-state index contributed by atoms with van der Waals surface area (Å²) in [5.74, 6) is 0.477. The molecule has 1 aliphatic heterocycles. The third-order valence-corrected chi connectivity index (χ3v) is 6.18. The zero-order chi connectivity index (χ0) is 25.2. The molecule has 5 rings (SSSR count). The number of carboxylic acid groups (broad SMARTS) is 1. The van der Waals surface area contributed by atoms with E-state index in [1.54, 1.807) is 49.6 Å². The Bertz CT molecular complexity index is 1470. The fraction of sp³-hybridized carbons (Fsp3) is 0.148. The van der Waals surface area contributed by atoms with Crippen LogP contribution in [0, 0.1) is 0 Å². The van der Waals surface area contributed by atoms with Gasteiger partial charge >= 0.3 is 5.97 Å². The summed E-state index contributed by atoms with van der Waals surface area (Å²) in [7, 11) is 1.60. The number of aliphatic carboxylic acids is 1. The second kappa shape index (κ2) is 9.75. The molecule has 1 amide bonds. The average Bonchev–Trinajstić information content (AvgIpc) is 2.88. The number of rotatable bonds is 6. The molecule has 0 spiro atoms. The number of pyridine rings is 1. The SMILES string of the molecule is COc1ccc2nc(NC(=O)c3ccc(Oc4cc5c(cc4Cl)C(C(=O)O)CCO5)cc3)ccc2c1. The van der Waals surface area contributed by atoms with E-state index in [4.69, 9.17) is 25.8 Å². The molecule has 1 unspecified atom stereocenters. The standard InChI is InChI=1S/C27H21ClN2O6/c1-34-18-7-8-22-16(12-18)4-9-25(29-22)30-26(31)15-2-5-17(6-3-15)36-24-14-23-20(13-21(24)28)19(27(32)33)10-11-35-23/h2-9,12-14,19H,10-11H2,1H3,(H,32,33)(H,29,30,31). The average molecular weight is 505 g/mol. The molecule has 4 aromatic rings. The van der Waals surface area contributed by atoms with Crippen molar-refractivity contribution in [1.29, 1.82) is 0 Å². The van der Waals surface area contributed by atoms with Crippen LogP contribution in [0.4, 0.5) is 5.82 Å². The lowest BCUT2D eigenvalue weighted by atomic mass is 9.93. The number of nitrogens with one attached hydrogen (secondary N) is 1. The van der Waals surface area contributed by atoms with Crippen LogP contribution in [0.3, 0.4) is 0 Å². The van der Waals surface area contributed by atoms with Gasteiger partial charge in [-0.05, 0) is 67.1 Å². The number of amides is 1. The van der Waals surface area contributed by atoms with Gasteiger partial charge in [0.1, 0.15) is 28.8 Å². The summed E-state index contributed by atoms with van der Waals surface area (Å²) >= 11 is 6.36. The van der Waals surface area contributed by atoms with E-state index >= 15 is 0 Å². The lowest BCUT2D eigenvalue weighted by Crippen LogP contribution is -2.20. The lowest BCUT2D eigenvalue weighted by Gasteiger charge is -2.24. The monoisotopic (exact) mass is 504 g/mol. The van der Waals surface area contributed by atoms with Crippen molar-refractivity contribution >= 4 is 40.2 Å². The van der Waals surface area contributed by atoms with Crippen molar-refractivity contribution in [1.82, 2.24) is 4.98 Å². The molecule has 0 fully saturated rings. The number of ether oxygens (including phenoxy) is 3. The molecule has 0 saturated heterocycles. The van der Waals surface area contributed by atoms with E-state index in [2.05, 4.69) is 10.3 Å². The number of hydrogen-bond donors (Lipinski definition) is 2. The Morgan fingerprint density at radius 2 is 1.83 bits per heavy atom. The summed E-state index contributed by atoms with van der Waals surface area (Å²) in [4.78, 5) is 28.7.